The third kappa shape index (κ3) is 2.55. The zero-order chi connectivity index (χ0) is 13.1. The molecule has 0 radical (unpaired) electrons. The molecule has 2 nitrogen and oxygen atoms in total. The normalized spacial score (nSPS) is 16.3. The number of benzene rings is 2. The molecule has 0 amide bonds. The minimum atomic E-state index is -0.317. The molecule has 0 atom stereocenters. The number of hydrogen-bond acceptors (Lipinski definition) is 2. The van der Waals surface area contributed by atoms with E-state index in [-0.39, 0.29) is 5.82 Å². The molecule has 0 aliphatic carbocycles. The maximum Gasteiger partial charge on any atom is 0.224 e. The van der Waals surface area contributed by atoms with Crippen LogP contribution in [0.4, 0.5) is 4.39 Å². The Hall–Kier alpha value is -2.42. The minimum Gasteiger partial charge on any atom is -0.471 e. The molecule has 0 fully saturated rings. The van der Waals surface area contributed by atoms with Gasteiger partial charge in [-0.25, -0.2) is 9.38 Å². The quantitative estimate of drug-likeness (QED) is 0.800. The van der Waals surface area contributed by atoms with E-state index >= 15 is 0 Å². The van der Waals surface area contributed by atoms with Gasteiger partial charge in [0.2, 0.25) is 5.90 Å². The Labute approximate surface area is 110 Å². The van der Waals surface area contributed by atoms with Crippen LogP contribution >= 0.6 is 0 Å². The number of ether oxygens (including phenoxy) is 1. The molecule has 2 aromatic carbocycles. The molecule has 0 unspecified atom stereocenters. The topological polar surface area (TPSA) is 21.6 Å². The molecule has 0 N–H and O–H groups in total. The molecule has 0 bridgehead atoms. The molecule has 3 rings (SSSR count). The number of rotatable bonds is 2. The van der Waals surface area contributed by atoms with Crippen molar-refractivity contribution in [3.05, 3.63) is 77.2 Å². The molecular formula is C16H12FNO. The van der Waals surface area contributed by atoms with Crippen LogP contribution in [0.15, 0.2) is 65.3 Å². The second-order valence-electron chi connectivity index (χ2n) is 4.23. The Bertz CT molecular complexity index is 647. The molecule has 1 heterocycles. The van der Waals surface area contributed by atoms with E-state index < -0.39 is 0 Å². The van der Waals surface area contributed by atoms with Crippen molar-refractivity contribution < 1.29 is 9.13 Å². The Morgan fingerprint density at radius 3 is 2.53 bits per heavy atom. The highest BCUT2D eigenvalue weighted by atomic mass is 19.1. The summed E-state index contributed by atoms with van der Waals surface area (Å²) in [4.78, 5) is 4.33. The van der Waals surface area contributed by atoms with Crippen molar-refractivity contribution in [3.8, 4) is 0 Å². The molecule has 19 heavy (non-hydrogen) atoms. The molecule has 3 heteroatoms. The Balaban J connectivity index is 1.90. The van der Waals surface area contributed by atoms with E-state index in [9.17, 15) is 4.39 Å². The van der Waals surface area contributed by atoms with Gasteiger partial charge < -0.3 is 4.74 Å². The summed E-state index contributed by atoms with van der Waals surface area (Å²) in [7, 11) is 0. The summed E-state index contributed by atoms with van der Waals surface area (Å²) in [5.74, 6) is 0.0301. The second-order valence-corrected chi connectivity index (χ2v) is 4.23. The summed E-state index contributed by atoms with van der Waals surface area (Å²) in [6, 6.07) is 16.3. The van der Waals surface area contributed by atoms with Gasteiger partial charge in [0.25, 0.3) is 0 Å². The summed E-state index contributed by atoms with van der Waals surface area (Å²) >= 11 is 0. The number of hydrogen-bond donors (Lipinski definition) is 0. The molecule has 0 aromatic heterocycles. The van der Waals surface area contributed by atoms with Gasteiger partial charge in [0.1, 0.15) is 12.4 Å². The van der Waals surface area contributed by atoms with E-state index in [1.165, 1.54) is 6.07 Å². The largest absolute Gasteiger partial charge is 0.471 e. The first-order valence-corrected chi connectivity index (χ1v) is 6.05. The van der Waals surface area contributed by atoms with E-state index in [0.717, 1.165) is 11.3 Å². The SMILES string of the molecule is Fc1ccccc1C1=N/C(=C\c2ccccc2)CO1. The first-order chi connectivity index (χ1) is 9.33. The Kier molecular flexibility index (Phi) is 3.11. The van der Waals surface area contributed by atoms with Gasteiger partial charge in [0.15, 0.2) is 0 Å². The van der Waals surface area contributed by atoms with E-state index in [2.05, 4.69) is 4.99 Å². The van der Waals surface area contributed by atoms with E-state index in [0.29, 0.717) is 18.1 Å². The molecular weight excluding hydrogens is 241 g/mol. The van der Waals surface area contributed by atoms with Crippen LogP contribution in [0.1, 0.15) is 11.1 Å². The van der Waals surface area contributed by atoms with Crippen LogP contribution in [0.25, 0.3) is 6.08 Å². The molecule has 0 saturated carbocycles. The van der Waals surface area contributed by atoms with Crippen LogP contribution < -0.4 is 0 Å². The van der Waals surface area contributed by atoms with Gasteiger partial charge in [-0.05, 0) is 23.8 Å². The van der Waals surface area contributed by atoms with Crippen LogP contribution in [0.3, 0.4) is 0 Å². The highest BCUT2D eigenvalue weighted by Gasteiger charge is 2.17. The number of aliphatic imine (C=N–C) groups is 1. The molecule has 1 aliphatic rings. The lowest BCUT2D eigenvalue weighted by molar-refractivity contribution is 0.363. The average Bonchev–Trinajstić information content (AvgIpc) is 2.89. The second kappa shape index (κ2) is 5.06. The van der Waals surface area contributed by atoms with Crippen LogP contribution in [0.2, 0.25) is 0 Å². The van der Waals surface area contributed by atoms with Crippen molar-refractivity contribution in [3.63, 3.8) is 0 Å². The lowest BCUT2D eigenvalue weighted by atomic mass is 10.2. The van der Waals surface area contributed by atoms with E-state index in [1.54, 1.807) is 18.2 Å². The molecule has 1 aliphatic heterocycles. The van der Waals surface area contributed by atoms with Gasteiger partial charge in [0.05, 0.1) is 11.3 Å². The zero-order valence-electron chi connectivity index (χ0n) is 10.2. The molecule has 94 valence electrons. The van der Waals surface area contributed by atoms with Gasteiger partial charge in [0, 0.05) is 0 Å². The highest BCUT2D eigenvalue weighted by molar-refractivity contribution is 5.96. The van der Waals surface area contributed by atoms with Crippen molar-refractivity contribution in [2.75, 3.05) is 6.61 Å². The monoisotopic (exact) mass is 253 g/mol. The van der Waals surface area contributed by atoms with Crippen LogP contribution in [0, 0.1) is 5.82 Å². The van der Waals surface area contributed by atoms with Crippen molar-refractivity contribution in [2.24, 2.45) is 4.99 Å². The van der Waals surface area contributed by atoms with Gasteiger partial charge in [-0.2, -0.15) is 0 Å². The van der Waals surface area contributed by atoms with Crippen LogP contribution in [-0.2, 0) is 4.74 Å². The summed E-state index contributed by atoms with van der Waals surface area (Å²) in [5.41, 5.74) is 2.25. The van der Waals surface area contributed by atoms with Gasteiger partial charge in [-0.1, -0.05) is 42.5 Å². The van der Waals surface area contributed by atoms with Gasteiger partial charge >= 0.3 is 0 Å². The molecule has 2 aromatic rings. The van der Waals surface area contributed by atoms with Crippen molar-refractivity contribution in [2.45, 2.75) is 0 Å². The summed E-state index contributed by atoms with van der Waals surface area (Å²) in [5, 5.41) is 0. The minimum absolute atomic E-state index is 0.317. The summed E-state index contributed by atoms with van der Waals surface area (Å²) in [6.07, 6.45) is 1.94. The maximum absolute atomic E-state index is 13.6. The van der Waals surface area contributed by atoms with E-state index in [1.807, 2.05) is 36.4 Å². The lowest BCUT2D eigenvalue weighted by Crippen LogP contribution is -2.03. The van der Waals surface area contributed by atoms with Crippen molar-refractivity contribution in [1.82, 2.24) is 0 Å². The maximum atomic E-state index is 13.6. The molecule has 0 saturated heterocycles. The van der Waals surface area contributed by atoms with Gasteiger partial charge in [-0.3, -0.25) is 0 Å². The predicted molar refractivity (Wildman–Crippen MR) is 73.3 cm³/mol. The first kappa shape index (κ1) is 11.7. The smallest absolute Gasteiger partial charge is 0.224 e. The Morgan fingerprint density at radius 1 is 1.00 bits per heavy atom. The number of nitrogens with zero attached hydrogens (tertiary/aromatic N) is 1. The fourth-order valence-electron chi connectivity index (χ4n) is 1.93. The summed E-state index contributed by atoms with van der Waals surface area (Å²) < 4.78 is 19.1. The summed E-state index contributed by atoms with van der Waals surface area (Å²) in [6.45, 7) is 0.374. The highest BCUT2D eigenvalue weighted by Crippen LogP contribution is 2.19. The van der Waals surface area contributed by atoms with Crippen molar-refractivity contribution in [1.29, 1.82) is 0 Å². The fraction of sp³-hybridized carbons (Fsp3) is 0.0625. The van der Waals surface area contributed by atoms with Crippen LogP contribution in [0.5, 0.6) is 0 Å². The van der Waals surface area contributed by atoms with Crippen molar-refractivity contribution >= 4 is 12.0 Å². The number of halogens is 1. The first-order valence-electron chi connectivity index (χ1n) is 6.05. The third-order valence-electron chi connectivity index (χ3n) is 2.84. The van der Waals surface area contributed by atoms with Gasteiger partial charge in [-0.15, -0.1) is 0 Å². The standard InChI is InChI=1S/C16H12FNO/c17-15-9-5-4-8-14(15)16-18-13(11-19-16)10-12-6-2-1-3-7-12/h1-10H,11H2/b13-10-. The predicted octanol–water partition coefficient (Wildman–Crippen LogP) is 3.64. The molecule has 0 spiro atoms. The fourth-order valence-corrected chi connectivity index (χ4v) is 1.93. The third-order valence-corrected chi connectivity index (χ3v) is 2.84. The van der Waals surface area contributed by atoms with Crippen LogP contribution in [-0.4, -0.2) is 12.5 Å². The average molecular weight is 253 g/mol. The zero-order valence-corrected chi connectivity index (χ0v) is 10.2. The lowest BCUT2D eigenvalue weighted by Gasteiger charge is -2.00. The Morgan fingerprint density at radius 2 is 1.74 bits per heavy atom. The van der Waals surface area contributed by atoms with E-state index in [4.69, 9.17) is 4.74 Å².